The van der Waals surface area contributed by atoms with Gasteiger partial charge in [0.25, 0.3) is 0 Å². The molecule has 0 aliphatic carbocycles. The molecule has 0 saturated carbocycles. The Bertz CT molecular complexity index is 652. The molecule has 2 heterocycles. The number of likely N-dealkylation sites (N-methyl/N-ethyl adjacent to an activating group) is 1. The maximum absolute atomic E-state index is 7.51. The van der Waals surface area contributed by atoms with Crippen LogP contribution in [0.3, 0.4) is 0 Å². The van der Waals surface area contributed by atoms with Crippen molar-refractivity contribution in [3.8, 4) is 0 Å². The Morgan fingerprint density at radius 2 is 1.85 bits per heavy atom. The summed E-state index contributed by atoms with van der Waals surface area (Å²) < 4.78 is 0. The Labute approximate surface area is 118 Å². The summed E-state index contributed by atoms with van der Waals surface area (Å²) in [6.07, 6.45) is 0. The molecular weight excluding hydrogens is 250 g/mol. The van der Waals surface area contributed by atoms with Crippen LogP contribution in [0.5, 0.6) is 0 Å². The maximum Gasteiger partial charge on any atom is 0.141 e. The number of pyridine rings is 1. The predicted molar refractivity (Wildman–Crippen MR) is 82.0 cm³/mol. The van der Waals surface area contributed by atoms with E-state index >= 15 is 0 Å². The summed E-state index contributed by atoms with van der Waals surface area (Å²) in [5, 5.41) is 7.51. The number of para-hydroxylation sites is 2. The summed E-state index contributed by atoms with van der Waals surface area (Å²) in [6, 6.07) is 13.9. The first-order valence-electron chi connectivity index (χ1n) is 6.56. The summed E-state index contributed by atoms with van der Waals surface area (Å²) in [6.45, 7) is 1.80. The molecule has 102 valence electrons. The quantitative estimate of drug-likeness (QED) is 0.644. The molecule has 0 bridgehead atoms. The van der Waals surface area contributed by atoms with Crippen LogP contribution in [0.15, 0.2) is 42.5 Å². The monoisotopic (exact) mass is 267 g/mol. The Kier molecular flexibility index (Phi) is 3.02. The van der Waals surface area contributed by atoms with Crippen molar-refractivity contribution in [2.75, 3.05) is 29.9 Å². The molecule has 0 saturated heterocycles. The molecule has 3 N–H and O–H groups in total. The van der Waals surface area contributed by atoms with Crippen molar-refractivity contribution < 1.29 is 0 Å². The van der Waals surface area contributed by atoms with Gasteiger partial charge in [-0.05, 0) is 24.3 Å². The van der Waals surface area contributed by atoms with Crippen LogP contribution in [0.2, 0.25) is 0 Å². The van der Waals surface area contributed by atoms with Crippen LogP contribution in [0.1, 0.15) is 5.69 Å². The van der Waals surface area contributed by atoms with Crippen molar-refractivity contribution in [1.29, 1.82) is 5.41 Å². The van der Waals surface area contributed by atoms with Gasteiger partial charge in [-0.3, -0.25) is 5.41 Å². The highest BCUT2D eigenvalue weighted by atomic mass is 15.3. The van der Waals surface area contributed by atoms with E-state index in [1.807, 2.05) is 24.3 Å². The molecule has 1 aliphatic heterocycles. The van der Waals surface area contributed by atoms with E-state index in [2.05, 4.69) is 34.0 Å². The van der Waals surface area contributed by atoms with Gasteiger partial charge in [0.1, 0.15) is 17.3 Å². The molecule has 0 amide bonds. The number of benzene rings is 1. The fourth-order valence-electron chi connectivity index (χ4n) is 2.47. The maximum atomic E-state index is 7.51. The lowest BCUT2D eigenvalue weighted by Crippen LogP contribution is -2.37. The van der Waals surface area contributed by atoms with Gasteiger partial charge in [-0.2, -0.15) is 0 Å². The van der Waals surface area contributed by atoms with Crippen molar-refractivity contribution >= 4 is 23.0 Å². The SMILES string of the molecule is CN1CCN(c2cccc(C(=N)N)n2)c2ccccc21. The molecule has 1 aromatic carbocycles. The summed E-state index contributed by atoms with van der Waals surface area (Å²) >= 11 is 0. The van der Waals surface area contributed by atoms with Crippen LogP contribution < -0.4 is 15.5 Å². The van der Waals surface area contributed by atoms with E-state index < -0.39 is 0 Å². The zero-order valence-corrected chi connectivity index (χ0v) is 11.4. The normalized spacial score (nSPS) is 14.1. The molecule has 5 heteroatoms. The zero-order chi connectivity index (χ0) is 14.1. The second-order valence-corrected chi connectivity index (χ2v) is 4.86. The topological polar surface area (TPSA) is 69.2 Å². The van der Waals surface area contributed by atoms with Gasteiger partial charge in [0.05, 0.1) is 11.4 Å². The molecule has 5 nitrogen and oxygen atoms in total. The van der Waals surface area contributed by atoms with Gasteiger partial charge < -0.3 is 15.5 Å². The standard InChI is InChI=1S/C15H17N5/c1-19-9-10-20(13-7-3-2-6-12(13)19)14-8-4-5-11(18-14)15(16)17/h2-8H,9-10H2,1H3,(H3,16,17). The van der Waals surface area contributed by atoms with Gasteiger partial charge in [-0.25, -0.2) is 4.98 Å². The van der Waals surface area contributed by atoms with Crippen LogP contribution in [-0.2, 0) is 0 Å². The lowest BCUT2D eigenvalue weighted by Gasteiger charge is -2.36. The van der Waals surface area contributed by atoms with E-state index in [9.17, 15) is 0 Å². The molecular formula is C15H17N5. The molecule has 1 aliphatic rings. The van der Waals surface area contributed by atoms with Crippen molar-refractivity contribution in [1.82, 2.24) is 4.98 Å². The van der Waals surface area contributed by atoms with Crippen molar-refractivity contribution in [3.63, 3.8) is 0 Å². The number of aromatic nitrogens is 1. The zero-order valence-electron chi connectivity index (χ0n) is 11.4. The first-order chi connectivity index (χ1) is 9.66. The minimum absolute atomic E-state index is 0.00531. The highest BCUT2D eigenvalue weighted by Gasteiger charge is 2.21. The number of nitrogen functional groups attached to an aromatic ring is 1. The van der Waals surface area contributed by atoms with Crippen LogP contribution in [0.25, 0.3) is 0 Å². The summed E-state index contributed by atoms with van der Waals surface area (Å²) in [5.74, 6) is 0.826. The molecule has 2 aromatic rings. The molecule has 20 heavy (non-hydrogen) atoms. The number of hydrogen-bond acceptors (Lipinski definition) is 4. The van der Waals surface area contributed by atoms with E-state index in [-0.39, 0.29) is 5.84 Å². The van der Waals surface area contributed by atoms with Crippen LogP contribution in [0.4, 0.5) is 17.2 Å². The number of amidine groups is 1. The summed E-state index contributed by atoms with van der Waals surface area (Å²) in [5.41, 5.74) is 8.36. The fraction of sp³-hybridized carbons (Fsp3) is 0.200. The highest BCUT2D eigenvalue weighted by molar-refractivity contribution is 5.93. The smallest absolute Gasteiger partial charge is 0.141 e. The number of anilines is 3. The molecule has 0 radical (unpaired) electrons. The molecule has 1 aromatic heterocycles. The van der Waals surface area contributed by atoms with Crippen LogP contribution in [0, 0.1) is 5.41 Å². The number of nitrogens with zero attached hydrogens (tertiary/aromatic N) is 3. The lowest BCUT2D eigenvalue weighted by atomic mass is 10.1. The van der Waals surface area contributed by atoms with Crippen LogP contribution in [-0.4, -0.2) is 31.0 Å². The number of fused-ring (bicyclic) bond motifs is 1. The van der Waals surface area contributed by atoms with E-state index in [0.717, 1.165) is 24.6 Å². The average Bonchev–Trinajstić information content (AvgIpc) is 2.48. The van der Waals surface area contributed by atoms with E-state index in [1.54, 1.807) is 6.07 Å². The summed E-state index contributed by atoms with van der Waals surface area (Å²) in [7, 11) is 2.09. The number of nitrogens with one attached hydrogen (secondary N) is 1. The van der Waals surface area contributed by atoms with E-state index in [4.69, 9.17) is 11.1 Å². The fourth-order valence-corrected chi connectivity index (χ4v) is 2.47. The molecule has 0 unspecified atom stereocenters. The van der Waals surface area contributed by atoms with Gasteiger partial charge in [-0.15, -0.1) is 0 Å². The third-order valence-electron chi connectivity index (χ3n) is 3.53. The lowest BCUT2D eigenvalue weighted by molar-refractivity contribution is 0.813. The van der Waals surface area contributed by atoms with E-state index in [0.29, 0.717) is 5.69 Å². The van der Waals surface area contributed by atoms with Crippen molar-refractivity contribution in [2.24, 2.45) is 5.73 Å². The molecule has 0 fully saturated rings. The first-order valence-corrected chi connectivity index (χ1v) is 6.56. The second kappa shape index (κ2) is 4.85. The van der Waals surface area contributed by atoms with Gasteiger partial charge in [-0.1, -0.05) is 18.2 Å². The largest absolute Gasteiger partial charge is 0.382 e. The van der Waals surface area contributed by atoms with Crippen molar-refractivity contribution in [2.45, 2.75) is 0 Å². The Morgan fingerprint density at radius 3 is 2.60 bits per heavy atom. The minimum Gasteiger partial charge on any atom is -0.382 e. The summed E-state index contributed by atoms with van der Waals surface area (Å²) in [4.78, 5) is 8.88. The van der Waals surface area contributed by atoms with Gasteiger partial charge in [0.15, 0.2) is 0 Å². The average molecular weight is 267 g/mol. The number of rotatable bonds is 2. The predicted octanol–water partition coefficient (Wildman–Crippen LogP) is 1.95. The van der Waals surface area contributed by atoms with Gasteiger partial charge in [0, 0.05) is 20.1 Å². The molecule has 0 atom stereocenters. The third kappa shape index (κ3) is 2.07. The van der Waals surface area contributed by atoms with Gasteiger partial charge >= 0.3 is 0 Å². The Morgan fingerprint density at radius 1 is 1.10 bits per heavy atom. The Hall–Kier alpha value is -2.56. The van der Waals surface area contributed by atoms with E-state index in [1.165, 1.54) is 5.69 Å². The highest BCUT2D eigenvalue weighted by Crippen LogP contribution is 2.35. The van der Waals surface area contributed by atoms with Crippen LogP contribution >= 0.6 is 0 Å². The first kappa shape index (κ1) is 12.5. The van der Waals surface area contributed by atoms with Gasteiger partial charge in [0.2, 0.25) is 0 Å². The second-order valence-electron chi connectivity index (χ2n) is 4.86. The Balaban J connectivity index is 2.05. The number of hydrogen-bond donors (Lipinski definition) is 2. The molecule has 3 rings (SSSR count). The third-order valence-corrected chi connectivity index (χ3v) is 3.53. The molecule has 0 spiro atoms. The minimum atomic E-state index is -0.00531. The van der Waals surface area contributed by atoms with Crippen molar-refractivity contribution in [3.05, 3.63) is 48.2 Å². The number of nitrogens with two attached hydrogens (primary N) is 1.